The van der Waals surface area contributed by atoms with Gasteiger partial charge in [0.2, 0.25) is 0 Å². The summed E-state index contributed by atoms with van der Waals surface area (Å²) < 4.78 is 11.8. The zero-order valence-electron chi connectivity index (χ0n) is 17.5. The summed E-state index contributed by atoms with van der Waals surface area (Å²) in [5, 5.41) is 8.76. The molecule has 0 bridgehead atoms. The molecule has 1 atom stereocenters. The first-order chi connectivity index (χ1) is 13.5. The van der Waals surface area contributed by atoms with E-state index in [0.717, 1.165) is 45.7 Å². The lowest BCUT2D eigenvalue weighted by Crippen LogP contribution is -2.38. The summed E-state index contributed by atoms with van der Waals surface area (Å²) >= 11 is 1.69. The number of hydrogen-bond donors (Lipinski definition) is 2. The van der Waals surface area contributed by atoms with Crippen molar-refractivity contribution in [2.45, 2.75) is 47.2 Å². The molecular formula is C21H29IN4O2S. The van der Waals surface area contributed by atoms with E-state index in [4.69, 9.17) is 9.15 Å². The normalized spacial score (nSPS) is 12.5. The number of aliphatic imine (C=N–C) groups is 1. The van der Waals surface area contributed by atoms with Gasteiger partial charge in [0.25, 0.3) is 0 Å². The molecule has 0 saturated heterocycles. The highest BCUT2D eigenvalue weighted by Gasteiger charge is 2.15. The summed E-state index contributed by atoms with van der Waals surface area (Å²) in [4.78, 5) is 10.5. The molecule has 1 unspecified atom stereocenters. The van der Waals surface area contributed by atoms with Crippen LogP contribution < -0.4 is 15.4 Å². The molecule has 0 fully saturated rings. The molecule has 2 heterocycles. The van der Waals surface area contributed by atoms with Crippen LogP contribution in [0.1, 0.15) is 48.2 Å². The van der Waals surface area contributed by atoms with Crippen molar-refractivity contribution in [1.29, 1.82) is 0 Å². The Morgan fingerprint density at radius 1 is 1.31 bits per heavy atom. The van der Waals surface area contributed by atoms with Crippen LogP contribution in [0.3, 0.4) is 0 Å². The minimum absolute atomic E-state index is 0. The summed E-state index contributed by atoms with van der Waals surface area (Å²) in [6, 6.07) is 7.95. The molecule has 0 aliphatic carbocycles. The maximum absolute atomic E-state index is 6.09. The number of guanidine groups is 1. The zero-order valence-corrected chi connectivity index (χ0v) is 20.7. The minimum atomic E-state index is -0.0422. The number of fused-ring (bicyclic) bond motifs is 1. The van der Waals surface area contributed by atoms with Gasteiger partial charge in [0.15, 0.2) is 17.3 Å². The van der Waals surface area contributed by atoms with Gasteiger partial charge in [-0.25, -0.2) is 9.98 Å². The SMILES string of the molecule is CCNC(=NCc1nc(C)c(C)s1)NC(C)c1cc2cccc(OCC)c2o1.I. The van der Waals surface area contributed by atoms with Gasteiger partial charge in [0.1, 0.15) is 10.8 Å². The molecule has 0 radical (unpaired) electrons. The van der Waals surface area contributed by atoms with Crippen LogP contribution in [0.4, 0.5) is 0 Å². The fraction of sp³-hybridized carbons (Fsp3) is 0.429. The van der Waals surface area contributed by atoms with Crippen molar-refractivity contribution in [1.82, 2.24) is 15.6 Å². The molecule has 0 spiro atoms. The number of halogens is 1. The molecule has 0 aliphatic rings. The third kappa shape index (κ3) is 5.85. The third-order valence-corrected chi connectivity index (χ3v) is 5.45. The van der Waals surface area contributed by atoms with Crippen molar-refractivity contribution in [3.8, 4) is 5.75 Å². The number of aromatic nitrogens is 1. The Balaban J connectivity index is 0.00000300. The predicted octanol–water partition coefficient (Wildman–Crippen LogP) is 5.34. The van der Waals surface area contributed by atoms with E-state index in [2.05, 4.69) is 41.4 Å². The van der Waals surface area contributed by atoms with Crippen LogP contribution in [0.5, 0.6) is 5.75 Å². The van der Waals surface area contributed by atoms with Crippen molar-refractivity contribution < 1.29 is 9.15 Å². The van der Waals surface area contributed by atoms with Crippen LogP contribution in [-0.2, 0) is 6.54 Å². The van der Waals surface area contributed by atoms with Crippen molar-refractivity contribution in [2.75, 3.05) is 13.2 Å². The summed E-state index contributed by atoms with van der Waals surface area (Å²) in [6.45, 7) is 12.1. The standard InChI is InChI=1S/C21H28N4O2S.HI/c1-6-22-21(23-12-19-24-13(3)15(5)28-19)25-14(4)18-11-16-9-8-10-17(26-7-2)20(16)27-18;/h8-11,14H,6-7,12H2,1-5H3,(H2,22,23,25);1H. The zero-order chi connectivity index (χ0) is 20.1. The number of aryl methyl sites for hydroxylation is 2. The molecule has 1 aromatic carbocycles. The van der Waals surface area contributed by atoms with Crippen LogP contribution >= 0.6 is 35.3 Å². The largest absolute Gasteiger partial charge is 0.490 e. The van der Waals surface area contributed by atoms with Gasteiger partial charge >= 0.3 is 0 Å². The number of rotatable bonds is 7. The Kier molecular flexibility index (Phi) is 8.76. The molecule has 3 rings (SSSR count). The summed E-state index contributed by atoms with van der Waals surface area (Å²) in [5.74, 6) is 2.35. The lowest BCUT2D eigenvalue weighted by molar-refractivity contribution is 0.336. The number of furan rings is 1. The molecule has 29 heavy (non-hydrogen) atoms. The number of hydrogen-bond acceptors (Lipinski definition) is 5. The molecule has 158 valence electrons. The molecule has 2 aromatic heterocycles. The number of nitrogens with one attached hydrogen (secondary N) is 2. The van der Waals surface area contributed by atoms with E-state index < -0.39 is 0 Å². The topological polar surface area (TPSA) is 71.7 Å². The summed E-state index contributed by atoms with van der Waals surface area (Å²) in [5.41, 5.74) is 1.86. The monoisotopic (exact) mass is 528 g/mol. The van der Waals surface area contributed by atoms with Gasteiger partial charge in [0.05, 0.1) is 24.9 Å². The Morgan fingerprint density at radius 3 is 2.76 bits per heavy atom. The van der Waals surface area contributed by atoms with Crippen LogP contribution in [-0.4, -0.2) is 24.1 Å². The lowest BCUT2D eigenvalue weighted by Gasteiger charge is -2.15. The Labute approximate surface area is 193 Å². The third-order valence-electron chi connectivity index (χ3n) is 4.40. The van der Waals surface area contributed by atoms with Gasteiger partial charge in [-0.1, -0.05) is 12.1 Å². The first-order valence-corrected chi connectivity index (χ1v) is 10.5. The molecule has 0 amide bonds. The average molecular weight is 528 g/mol. The molecule has 6 nitrogen and oxygen atoms in total. The van der Waals surface area contributed by atoms with Crippen molar-refractivity contribution in [3.63, 3.8) is 0 Å². The van der Waals surface area contributed by atoms with E-state index in [0.29, 0.717) is 13.2 Å². The Hall–Kier alpha value is -1.81. The van der Waals surface area contributed by atoms with Gasteiger partial charge in [0, 0.05) is 16.8 Å². The first kappa shape index (κ1) is 23.5. The molecule has 0 aliphatic heterocycles. The fourth-order valence-electron chi connectivity index (χ4n) is 2.89. The number of thiazole rings is 1. The minimum Gasteiger partial charge on any atom is -0.490 e. The first-order valence-electron chi connectivity index (χ1n) is 9.64. The van der Waals surface area contributed by atoms with Gasteiger partial charge in [-0.2, -0.15) is 0 Å². The van der Waals surface area contributed by atoms with Gasteiger partial charge in [-0.05, 0) is 46.8 Å². The number of nitrogens with zero attached hydrogens (tertiary/aromatic N) is 2. The predicted molar refractivity (Wildman–Crippen MR) is 131 cm³/mol. The van der Waals surface area contributed by atoms with Crippen molar-refractivity contribution in [2.24, 2.45) is 4.99 Å². The fourth-order valence-corrected chi connectivity index (χ4v) is 3.75. The van der Waals surface area contributed by atoms with Crippen molar-refractivity contribution in [3.05, 3.63) is 45.6 Å². The van der Waals surface area contributed by atoms with Crippen LogP contribution in [0.2, 0.25) is 0 Å². The second-order valence-electron chi connectivity index (χ2n) is 6.57. The van der Waals surface area contributed by atoms with Crippen LogP contribution in [0.15, 0.2) is 33.7 Å². The highest BCUT2D eigenvalue weighted by atomic mass is 127. The molecule has 0 saturated carbocycles. The Bertz CT molecular complexity index is 947. The van der Waals surface area contributed by atoms with Gasteiger partial charge < -0.3 is 19.8 Å². The quantitative estimate of drug-likeness (QED) is 0.246. The van der Waals surface area contributed by atoms with Gasteiger partial charge in [-0.15, -0.1) is 35.3 Å². The van der Waals surface area contributed by atoms with E-state index in [1.54, 1.807) is 11.3 Å². The number of ether oxygens (including phenoxy) is 1. The van der Waals surface area contributed by atoms with E-state index in [-0.39, 0.29) is 30.0 Å². The average Bonchev–Trinajstić information content (AvgIpc) is 3.24. The molecule has 8 heteroatoms. The molecule has 2 N–H and O–H groups in total. The molecule has 3 aromatic rings. The van der Waals surface area contributed by atoms with E-state index in [1.165, 1.54) is 4.88 Å². The summed E-state index contributed by atoms with van der Waals surface area (Å²) in [7, 11) is 0. The molecular weight excluding hydrogens is 499 g/mol. The second-order valence-corrected chi connectivity index (χ2v) is 7.85. The van der Waals surface area contributed by atoms with Crippen LogP contribution in [0.25, 0.3) is 11.0 Å². The van der Waals surface area contributed by atoms with E-state index in [9.17, 15) is 0 Å². The summed E-state index contributed by atoms with van der Waals surface area (Å²) in [6.07, 6.45) is 0. The van der Waals surface area contributed by atoms with Crippen LogP contribution in [0, 0.1) is 13.8 Å². The maximum Gasteiger partial charge on any atom is 0.192 e. The van der Waals surface area contributed by atoms with E-state index in [1.807, 2.05) is 38.1 Å². The highest BCUT2D eigenvalue weighted by Crippen LogP contribution is 2.31. The Morgan fingerprint density at radius 2 is 2.10 bits per heavy atom. The number of para-hydroxylation sites is 1. The lowest BCUT2D eigenvalue weighted by atomic mass is 10.2. The van der Waals surface area contributed by atoms with E-state index >= 15 is 0 Å². The maximum atomic E-state index is 6.09. The highest BCUT2D eigenvalue weighted by molar-refractivity contribution is 14.0. The number of benzene rings is 1. The second kappa shape index (κ2) is 10.8. The smallest absolute Gasteiger partial charge is 0.192 e. The van der Waals surface area contributed by atoms with Crippen molar-refractivity contribution >= 4 is 52.2 Å². The van der Waals surface area contributed by atoms with Gasteiger partial charge in [-0.3, -0.25) is 0 Å².